The molecule has 0 radical (unpaired) electrons. The lowest BCUT2D eigenvalue weighted by Crippen LogP contribution is -2.44. The molecule has 1 saturated heterocycles. The molecular weight excluding hydrogens is 474 g/mol. The van der Waals surface area contributed by atoms with Crippen LogP contribution >= 0.6 is 39.5 Å². The highest BCUT2D eigenvalue weighted by atomic mass is 79.9. The summed E-state index contributed by atoms with van der Waals surface area (Å²) in [4.78, 5) is 14.4. The van der Waals surface area contributed by atoms with Gasteiger partial charge in [0.15, 0.2) is 5.11 Å². The molecule has 154 valence electrons. The Labute approximate surface area is 187 Å². The van der Waals surface area contributed by atoms with E-state index in [1.54, 1.807) is 0 Å². The zero-order valence-electron chi connectivity index (χ0n) is 16.1. The third-order valence-electron chi connectivity index (χ3n) is 4.90. The second-order valence-corrected chi connectivity index (χ2v) is 8.91. The van der Waals surface area contributed by atoms with E-state index in [0.29, 0.717) is 42.3 Å². The van der Waals surface area contributed by atoms with Crippen LogP contribution in [0, 0.1) is 5.92 Å². The number of thiophene rings is 1. The highest BCUT2D eigenvalue weighted by molar-refractivity contribution is 9.10. The first-order valence-corrected chi connectivity index (χ1v) is 11.2. The molecule has 2 aromatic rings. The van der Waals surface area contributed by atoms with Crippen LogP contribution < -0.4 is 5.43 Å². The first kappa shape index (κ1) is 21.7. The van der Waals surface area contributed by atoms with Crippen molar-refractivity contribution in [1.82, 2.24) is 10.3 Å². The molecule has 1 aliphatic heterocycles. The maximum Gasteiger partial charge on any atom is 0.308 e. The Hall–Kier alpha value is -1.97. The molecule has 1 aliphatic rings. The minimum atomic E-state index is -0.160. The Kier molecular flexibility index (Phi) is 7.26. The van der Waals surface area contributed by atoms with Gasteiger partial charge >= 0.3 is 5.97 Å². The molecule has 1 fully saturated rings. The minimum Gasteiger partial charge on any atom is -0.506 e. The van der Waals surface area contributed by atoms with Crippen molar-refractivity contribution in [3.63, 3.8) is 0 Å². The number of hydrogen-bond acceptors (Lipinski definition) is 6. The van der Waals surface area contributed by atoms with Gasteiger partial charge in [-0.1, -0.05) is 28.1 Å². The predicted octanol–water partition coefficient (Wildman–Crippen LogP) is 4.37. The van der Waals surface area contributed by atoms with Crippen molar-refractivity contribution < 1.29 is 14.6 Å². The van der Waals surface area contributed by atoms with E-state index in [0.717, 1.165) is 14.9 Å². The predicted molar refractivity (Wildman–Crippen MR) is 123 cm³/mol. The number of hydrazone groups is 1. The van der Waals surface area contributed by atoms with Crippen LogP contribution in [0.25, 0.3) is 10.4 Å². The summed E-state index contributed by atoms with van der Waals surface area (Å²) in [6.07, 6.45) is 1.41. The number of aromatic hydroxyl groups is 1. The Balaban J connectivity index is 1.62. The lowest BCUT2D eigenvalue weighted by Gasteiger charge is -2.31. The number of nitrogens with zero attached hydrogens (tertiary/aromatic N) is 2. The van der Waals surface area contributed by atoms with E-state index >= 15 is 0 Å². The van der Waals surface area contributed by atoms with Gasteiger partial charge in [0.05, 0.1) is 29.2 Å². The largest absolute Gasteiger partial charge is 0.506 e. The molecule has 0 atom stereocenters. The second kappa shape index (κ2) is 9.69. The number of ether oxygens (including phenoxy) is 1. The van der Waals surface area contributed by atoms with Gasteiger partial charge in [-0.2, -0.15) is 5.10 Å². The molecular formula is C20H22BrN3O3S2. The van der Waals surface area contributed by atoms with Crippen molar-refractivity contribution in [3.8, 4) is 16.2 Å². The van der Waals surface area contributed by atoms with Gasteiger partial charge in [0.25, 0.3) is 0 Å². The number of esters is 1. The summed E-state index contributed by atoms with van der Waals surface area (Å²) < 4.78 is 5.80. The highest BCUT2D eigenvalue weighted by Gasteiger charge is 2.26. The molecule has 0 unspecified atom stereocenters. The van der Waals surface area contributed by atoms with Crippen LogP contribution in [0.2, 0.25) is 0 Å². The molecule has 0 saturated carbocycles. The van der Waals surface area contributed by atoms with E-state index in [9.17, 15) is 9.90 Å². The van der Waals surface area contributed by atoms with Crippen LogP contribution in [0.5, 0.6) is 5.75 Å². The highest BCUT2D eigenvalue weighted by Crippen LogP contribution is 2.39. The first-order valence-electron chi connectivity index (χ1n) is 9.14. The lowest BCUT2D eigenvalue weighted by atomic mass is 9.97. The molecule has 1 aromatic heterocycles. The number of hydrogen-bond donors (Lipinski definition) is 2. The SMILES string of the molecule is COC(=O)C1CCN(C(=S)N/N=C(\C)c2csc(-c3ccc(Br)cc3)c2O)CC1. The summed E-state index contributed by atoms with van der Waals surface area (Å²) in [6, 6.07) is 7.80. The monoisotopic (exact) mass is 495 g/mol. The van der Waals surface area contributed by atoms with Crippen LogP contribution in [0.4, 0.5) is 0 Å². The maximum atomic E-state index is 11.6. The molecule has 0 spiro atoms. The van der Waals surface area contributed by atoms with Crippen LogP contribution in [-0.4, -0.2) is 47.0 Å². The van der Waals surface area contributed by atoms with Crippen LogP contribution in [0.15, 0.2) is 39.2 Å². The van der Waals surface area contributed by atoms with Crippen molar-refractivity contribution in [1.29, 1.82) is 0 Å². The van der Waals surface area contributed by atoms with Gasteiger partial charge in [-0.25, -0.2) is 0 Å². The summed E-state index contributed by atoms with van der Waals surface area (Å²) in [6.45, 7) is 3.18. The average molecular weight is 496 g/mol. The number of thiocarbonyl (C=S) groups is 1. The maximum absolute atomic E-state index is 11.6. The molecule has 0 amide bonds. The van der Waals surface area contributed by atoms with Gasteiger partial charge in [0.2, 0.25) is 0 Å². The van der Waals surface area contributed by atoms with Crippen LogP contribution in [-0.2, 0) is 9.53 Å². The summed E-state index contributed by atoms with van der Waals surface area (Å²) >= 11 is 10.3. The van der Waals surface area contributed by atoms with Crippen molar-refractivity contribution >= 4 is 56.3 Å². The van der Waals surface area contributed by atoms with E-state index in [-0.39, 0.29) is 17.6 Å². The second-order valence-electron chi connectivity index (χ2n) is 6.73. The van der Waals surface area contributed by atoms with Crippen molar-refractivity contribution in [2.24, 2.45) is 11.0 Å². The van der Waals surface area contributed by atoms with E-state index in [1.807, 2.05) is 41.5 Å². The summed E-state index contributed by atoms with van der Waals surface area (Å²) in [7, 11) is 1.42. The standard InChI is InChI=1S/C20H22BrN3O3S2/c1-12(16-11-29-18(17(16)25)13-3-5-15(21)6-4-13)22-23-20(28)24-9-7-14(8-10-24)19(26)27-2/h3-6,11,14,25H,7-10H2,1-2H3,(H,23,28)/b22-12+. The Morgan fingerprint density at radius 2 is 2.00 bits per heavy atom. The topological polar surface area (TPSA) is 74.2 Å². The van der Waals surface area contributed by atoms with Gasteiger partial charge in [-0.3, -0.25) is 10.2 Å². The van der Waals surface area contributed by atoms with Gasteiger partial charge in [0, 0.05) is 22.9 Å². The number of carbonyl (C=O) groups is 1. The Morgan fingerprint density at radius 3 is 2.62 bits per heavy atom. The molecule has 0 bridgehead atoms. The fourth-order valence-corrected chi connectivity index (χ4v) is 4.67. The quantitative estimate of drug-likeness (QED) is 0.284. The molecule has 0 aliphatic carbocycles. The van der Waals surface area contributed by atoms with Crippen LogP contribution in [0.1, 0.15) is 25.3 Å². The molecule has 2 heterocycles. The molecule has 9 heteroatoms. The van der Waals surface area contributed by atoms with E-state index in [2.05, 4.69) is 26.5 Å². The third kappa shape index (κ3) is 5.15. The van der Waals surface area contributed by atoms with E-state index < -0.39 is 0 Å². The fraction of sp³-hybridized carbons (Fsp3) is 0.350. The number of nitrogens with one attached hydrogen (secondary N) is 1. The average Bonchev–Trinajstić information content (AvgIpc) is 3.13. The number of carbonyl (C=O) groups excluding carboxylic acids is 1. The molecule has 1 aromatic carbocycles. The fourth-order valence-electron chi connectivity index (χ4n) is 3.16. The zero-order valence-corrected chi connectivity index (χ0v) is 19.4. The van der Waals surface area contributed by atoms with Crippen molar-refractivity contribution in [2.45, 2.75) is 19.8 Å². The van der Waals surface area contributed by atoms with Crippen LogP contribution in [0.3, 0.4) is 0 Å². The smallest absolute Gasteiger partial charge is 0.308 e. The molecule has 29 heavy (non-hydrogen) atoms. The number of likely N-dealkylation sites (tertiary alicyclic amines) is 1. The summed E-state index contributed by atoms with van der Waals surface area (Å²) in [5.74, 6) is -0.0128. The molecule has 3 rings (SSSR count). The van der Waals surface area contributed by atoms with E-state index in [1.165, 1.54) is 18.4 Å². The first-order chi connectivity index (χ1) is 13.9. The number of halogens is 1. The van der Waals surface area contributed by atoms with Gasteiger partial charge in [-0.05, 0) is 49.7 Å². The Bertz CT molecular complexity index is 920. The summed E-state index contributed by atoms with van der Waals surface area (Å²) in [5.41, 5.74) is 5.18. The summed E-state index contributed by atoms with van der Waals surface area (Å²) in [5, 5.41) is 17.4. The van der Waals surface area contributed by atoms with Crippen molar-refractivity contribution in [3.05, 3.63) is 39.7 Å². The minimum absolute atomic E-state index is 0.0657. The van der Waals surface area contributed by atoms with Gasteiger partial charge in [0.1, 0.15) is 5.75 Å². The van der Waals surface area contributed by atoms with Crippen molar-refractivity contribution in [2.75, 3.05) is 20.2 Å². The number of piperidine rings is 1. The van der Waals surface area contributed by atoms with Gasteiger partial charge < -0.3 is 14.7 Å². The third-order valence-corrected chi connectivity index (χ3v) is 6.79. The van der Waals surface area contributed by atoms with Gasteiger partial charge in [-0.15, -0.1) is 11.3 Å². The lowest BCUT2D eigenvalue weighted by molar-refractivity contribution is -0.146. The molecule has 6 nitrogen and oxygen atoms in total. The normalized spacial score (nSPS) is 15.3. The Morgan fingerprint density at radius 1 is 1.34 bits per heavy atom. The molecule has 2 N–H and O–H groups in total. The zero-order chi connectivity index (χ0) is 21.0. The van der Waals surface area contributed by atoms with E-state index in [4.69, 9.17) is 17.0 Å². The number of rotatable bonds is 4. The number of methoxy groups -OCH3 is 1. The number of benzene rings is 1.